The summed E-state index contributed by atoms with van der Waals surface area (Å²) in [6.07, 6.45) is 4.36. The molecule has 2 amide bonds. The zero-order chi connectivity index (χ0) is 13.1. The van der Waals surface area contributed by atoms with E-state index in [1.54, 1.807) is 0 Å². The third kappa shape index (κ3) is 3.91. The molecule has 0 aliphatic heterocycles. The fourth-order valence-corrected chi connectivity index (χ4v) is 2.22. The van der Waals surface area contributed by atoms with E-state index in [0.717, 1.165) is 19.3 Å². The topological polar surface area (TPSA) is 78.4 Å². The smallest absolute Gasteiger partial charge is 0.325 e. The molecular formula is C12H22N2O3. The number of carbonyl (C=O) groups excluding carboxylic acids is 1. The Hall–Kier alpha value is -1.26. The molecule has 1 saturated carbocycles. The fourth-order valence-electron chi connectivity index (χ4n) is 2.22. The van der Waals surface area contributed by atoms with Crippen LogP contribution in [-0.2, 0) is 4.79 Å². The van der Waals surface area contributed by atoms with E-state index in [9.17, 15) is 9.59 Å². The second-order valence-corrected chi connectivity index (χ2v) is 5.46. The Kier molecular flexibility index (Phi) is 4.37. The van der Waals surface area contributed by atoms with Gasteiger partial charge in [-0.3, -0.25) is 4.79 Å². The van der Waals surface area contributed by atoms with Gasteiger partial charge >= 0.3 is 12.0 Å². The monoisotopic (exact) mass is 242 g/mol. The number of carboxylic acids is 1. The molecule has 0 bridgehead atoms. The van der Waals surface area contributed by atoms with Gasteiger partial charge in [0.1, 0.15) is 6.04 Å². The van der Waals surface area contributed by atoms with Gasteiger partial charge in [0.2, 0.25) is 0 Å². The molecule has 0 saturated heterocycles. The predicted octanol–water partition coefficient (Wildman–Crippen LogP) is 1.73. The van der Waals surface area contributed by atoms with Crippen LogP contribution in [0, 0.1) is 5.41 Å². The lowest BCUT2D eigenvalue weighted by atomic mass is 9.73. The average Bonchev–Trinajstić information content (AvgIpc) is 2.20. The molecule has 17 heavy (non-hydrogen) atoms. The molecule has 98 valence electrons. The van der Waals surface area contributed by atoms with Gasteiger partial charge in [-0.2, -0.15) is 0 Å². The molecule has 0 radical (unpaired) electrons. The number of hydrogen-bond donors (Lipinski definition) is 3. The van der Waals surface area contributed by atoms with E-state index in [-0.39, 0.29) is 17.5 Å². The van der Waals surface area contributed by atoms with Crippen molar-refractivity contribution in [2.75, 3.05) is 0 Å². The molecule has 0 heterocycles. The average molecular weight is 242 g/mol. The summed E-state index contributed by atoms with van der Waals surface area (Å²) in [7, 11) is 0. The molecule has 3 N–H and O–H groups in total. The van der Waals surface area contributed by atoms with E-state index < -0.39 is 12.0 Å². The van der Waals surface area contributed by atoms with Crippen LogP contribution in [0.3, 0.4) is 0 Å². The van der Waals surface area contributed by atoms with Gasteiger partial charge < -0.3 is 15.7 Å². The fraction of sp³-hybridized carbons (Fsp3) is 0.833. The van der Waals surface area contributed by atoms with Gasteiger partial charge in [0.05, 0.1) is 0 Å². The zero-order valence-electron chi connectivity index (χ0n) is 10.7. The van der Waals surface area contributed by atoms with Crippen molar-refractivity contribution in [3.8, 4) is 0 Å². The summed E-state index contributed by atoms with van der Waals surface area (Å²) < 4.78 is 0. The van der Waals surface area contributed by atoms with Gasteiger partial charge in [0.25, 0.3) is 0 Å². The lowest BCUT2D eigenvalue weighted by Gasteiger charge is -2.39. The first-order valence-corrected chi connectivity index (χ1v) is 6.13. The molecule has 1 fully saturated rings. The van der Waals surface area contributed by atoms with Crippen LogP contribution in [-0.4, -0.2) is 29.2 Å². The van der Waals surface area contributed by atoms with Crippen LogP contribution >= 0.6 is 0 Å². The normalized spacial score (nSPS) is 24.8. The Balaban J connectivity index is 2.47. The number of nitrogens with one attached hydrogen (secondary N) is 2. The Bertz CT molecular complexity index is 302. The number of aliphatic carboxylic acids is 1. The molecule has 0 aromatic heterocycles. The highest BCUT2D eigenvalue weighted by Crippen LogP contribution is 2.35. The quantitative estimate of drug-likeness (QED) is 0.705. The number of carboxylic acid groups (broad SMARTS) is 1. The third-order valence-electron chi connectivity index (χ3n) is 3.53. The number of rotatable bonds is 3. The summed E-state index contributed by atoms with van der Waals surface area (Å²) in [5, 5.41) is 14.0. The minimum atomic E-state index is -1.02. The van der Waals surface area contributed by atoms with Gasteiger partial charge in [-0.15, -0.1) is 0 Å². The molecule has 0 spiro atoms. The lowest BCUT2D eigenvalue weighted by Crippen LogP contribution is -2.52. The van der Waals surface area contributed by atoms with Gasteiger partial charge in [-0.25, -0.2) is 4.79 Å². The Morgan fingerprint density at radius 1 is 1.35 bits per heavy atom. The highest BCUT2D eigenvalue weighted by molar-refractivity contribution is 5.82. The zero-order valence-corrected chi connectivity index (χ0v) is 10.7. The molecule has 5 nitrogen and oxygen atoms in total. The van der Waals surface area contributed by atoms with Crippen molar-refractivity contribution in [3.63, 3.8) is 0 Å². The number of hydrogen-bond acceptors (Lipinski definition) is 2. The predicted molar refractivity (Wildman–Crippen MR) is 64.8 cm³/mol. The molecule has 1 unspecified atom stereocenters. The summed E-state index contributed by atoms with van der Waals surface area (Å²) in [6, 6.07) is -1.13. The van der Waals surface area contributed by atoms with Crippen molar-refractivity contribution >= 4 is 12.0 Å². The first kappa shape index (κ1) is 13.8. The van der Waals surface area contributed by atoms with Crippen LogP contribution in [0.15, 0.2) is 0 Å². The minimum absolute atomic E-state index is 0.0854. The Morgan fingerprint density at radius 3 is 2.53 bits per heavy atom. The second kappa shape index (κ2) is 5.38. The maximum atomic E-state index is 11.6. The van der Waals surface area contributed by atoms with Gasteiger partial charge in [0, 0.05) is 6.04 Å². The SMILES string of the molecule is C[C@H](NC(=O)NC1CCCCC1(C)C)C(=O)O. The van der Waals surface area contributed by atoms with Crippen LogP contribution in [0.4, 0.5) is 4.79 Å². The van der Waals surface area contributed by atoms with Crippen molar-refractivity contribution < 1.29 is 14.7 Å². The number of amides is 2. The molecule has 1 aliphatic carbocycles. The highest BCUT2D eigenvalue weighted by atomic mass is 16.4. The Morgan fingerprint density at radius 2 is 2.00 bits per heavy atom. The van der Waals surface area contributed by atoms with E-state index in [4.69, 9.17) is 5.11 Å². The van der Waals surface area contributed by atoms with Crippen molar-refractivity contribution in [2.24, 2.45) is 5.41 Å². The summed E-state index contributed by atoms with van der Waals surface area (Å²) in [5.41, 5.74) is 0.0854. The van der Waals surface area contributed by atoms with Crippen LogP contribution < -0.4 is 10.6 Å². The van der Waals surface area contributed by atoms with Gasteiger partial charge in [-0.1, -0.05) is 26.7 Å². The summed E-state index contributed by atoms with van der Waals surface area (Å²) in [4.78, 5) is 22.2. The van der Waals surface area contributed by atoms with Crippen LogP contribution in [0.5, 0.6) is 0 Å². The lowest BCUT2D eigenvalue weighted by molar-refractivity contribution is -0.138. The molecule has 0 aromatic rings. The van der Waals surface area contributed by atoms with E-state index in [1.807, 2.05) is 0 Å². The highest BCUT2D eigenvalue weighted by Gasteiger charge is 2.33. The van der Waals surface area contributed by atoms with E-state index in [2.05, 4.69) is 24.5 Å². The standard InChI is InChI=1S/C12H22N2O3/c1-8(10(15)16)13-11(17)14-9-6-4-5-7-12(9,2)3/h8-9H,4-7H2,1-3H3,(H,15,16)(H2,13,14,17)/t8-,9?/m0/s1. The van der Waals surface area contributed by atoms with Crippen LogP contribution in [0.1, 0.15) is 46.5 Å². The van der Waals surface area contributed by atoms with Crippen LogP contribution in [0.25, 0.3) is 0 Å². The van der Waals surface area contributed by atoms with Crippen LogP contribution in [0.2, 0.25) is 0 Å². The summed E-state index contributed by atoms with van der Waals surface area (Å²) >= 11 is 0. The minimum Gasteiger partial charge on any atom is -0.480 e. The van der Waals surface area contributed by atoms with Crippen molar-refractivity contribution in [1.29, 1.82) is 0 Å². The maximum absolute atomic E-state index is 11.6. The first-order chi connectivity index (χ1) is 7.83. The molecule has 2 atom stereocenters. The van der Waals surface area contributed by atoms with Gasteiger partial charge in [-0.05, 0) is 25.2 Å². The molecule has 1 rings (SSSR count). The summed E-state index contributed by atoms with van der Waals surface area (Å²) in [5.74, 6) is -1.02. The van der Waals surface area contributed by atoms with Crippen molar-refractivity contribution in [1.82, 2.24) is 10.6 Å². The first-order valence-electron chi connectivity index (χ1n) is 6.13. The molecule has 5 heteroatoms. The maximum Gasteiger partial charge on any atom is 0.325 e. The third-order valence-corrected chi connectivity index (χ3v) is 3.53. The Labute approximate surface area is 102 Å². The summed E-state index contributed by atoms with van der Waals surface area (Å²) in [6.45, 7) is 5.73. The molecular weight excluding hydrogens is 220 g/mol. The van der Waals surface area contributed by atoms with E-state index >= 15 is 0 Å². The molecule has 0 aromatic carbocycles. The molecule has 1 aliphatic rings. The number of urea groups is 1. The number of carbonyl (C=O) groups is 2. The van der Waals surface area contributed by atoms with Crippen molar-refractivity contribution in [2.45, 2.75) is 58.5 Å². The van der Waals surface area contributed by atoms with Gasteiger partial charge in [0.15, 0.2) is 0 Å². The second-order valence-electron chi connectivity index (χ2n) is 5.46. The van der Waals surface area contributed by atoms with E-state index in [0.29, 0.717) is 0 Å². The van der Waals surface area contributed by atoms with E-state index in [1.165, 1.54) is 13.3 Å². The van der Waals surface area contributed by atoms with Crippen molar-refractivity contribution in [3.05, 3.63) is 0 Å². The largest absolute Gasteiger partial charge is 0.480 e.